The zero-order chi connectivity index (χ0) is 27.2. The molecule has 1 heteroatoms. The van der Waals surface area contributed by atoms with Crippen LogP contribution in [0.4, 0.5) is 0 Å². The normalized spacial score (nSPS) is 13.9. The van der Waals surface area contributed by atoms with E-state index in [4.69, 9.17) is 4.98 Å². The lowest BCUT2D eigenvalue weighted by molar-refractivity contribution is 0.661. The Morgan fingerprint density at radius 1 is 0.600 bits per heavy atom. The van der Waals surface area contributed by atoms with Crippen LogP contribution in [-0.4, -0.2) is 4.98 Å². The second-order valence-corrected chi connectivity index (χ2v) is 12.2. The van der Waals surface area contributed by atoms with Crippen LogP contribution < -0.4 is 0 Å². The van der Waals surface area contributed by atoms with Crippen LogP contribution >= 0.6 is 0 Å². The Morgan fingerprint density at radius 3 is 1.95 bits per heavy atom. The van der Waals surface area contributed by atoms with Crippen molar-refractivity contribution in [1.29, 1.82) is 0 Å². The fourth-order valence-corrected chi connectivity index (χ4v) is 7.17. The Kier molecular flexibility index (Phi) is 4.83. The molecule has 0 amide bonds. The maximum atomic E-state index is 4.92. The Morgan fingerprint density at radius 2 is 1.23 bits per heavy atom. The maximum Gasteiger partial charge on any atom is 0.0780 e. The van der Waals surface area contributed by atoms with Crippen LogP contribution in [0.15, 0.2) is 109 Å². The molecule has 0 atom stereocenters. The molecule has 1 nitrogen and oxygen atoms in total. The minimum atomic E-state index is -0.0809. The van der Waals surface area contributed by atoms with Crippen molar-refractivity contribution in [2.75, 3.05) is 0 Å². The van der Waals surface area contributed by atoms with Crippen LogP contribution in [0.2, 0.25) is 0 Å². The van der Waals surface area contributed by atoms with Crippen LogP contribution in [0.25, 0.3) is 65.5 Å². The molecule has 1 aliphatic carbocycles. The molecule has 0 spiro atoms. The number of rotatable bonds is 2. The molecule has 0 radical (unpaired) electrons. The van der Waals surface area contributed by atoms with Gasteiger partial charge in [0.25, 0.3) is 0 Å². The van der Waals surface area contributed by atoms with Gasteiger partial charge in [-0.25, -0.2) is 0 Å². The molecule has 1 aromatic heterocycles. The summed E-state index contributed by atoms with van der Waals surface area (Å²) in [4.78, 5) is 4.92. The van der Waals surface area contributed by atoms with Crippen molar-refractivity contribution >= 4 is 43.1 Å². The van der Waals surface area contributed by atoms with E-state index < -0.39 is 0 Å². The first kappa shape index (κ1) is 23.4. The third-order valence-corrected chi connectivity index (χ3v) is 9.27. The summed E-state index contributed by atoms with van der Waals surface area (Å²) in [5, 5.41) is 10.4. The van der Waals surface area contributed by atoms with Gasteiger partial charge < -0.3 is 0 Å². The van der Waals surface area contributed by atoms with Gasteiger partial charge in [-0.3, -0.25) is 4.98 Å². The molecule has 0 aliphatic heterocycles. The molecule has 0 bridgehead atoms. The lowest BCUT2D eigenvalue weighted by atomic mass is 9.81. The molecule has 40 heavy (non-hydrogen) atoms. The number of hydrogen-bond donors (Lipinski definition) is 0. The number of fused-ring (bicyclic) bond motifs is 11. The van der Waals surface area contributed by atoms with Gasteiger partial charge in [0.05, 0.1) is 5.69 Å². The van der Waals surface area contributed by atoms with Gasteiger partial charge in [-0.2, -0.15) is 0 Å². The molecule has 0 fully saturated rings. The molecule has 0 saturated heterocycles. The molecule has 7 aromatic rings. The van der Waals surface area contributed by atoms with Crippen molar-refractivity contribution in [1.82, 2.24) is 4.98 Å². The minimum Gasteiger partial charge on any atom is -0.256 e. The minimum absolute atomic E-state index is 0.0809. The Hall–Kier alpha value is -4.49. The zero-order valence-corrected chi connectivity index (χ0v) is 23.4. The van der Waals surface area contributed by atoms with E-state index in [1.807, 2.05) is 6.20 Å². The van der Waals surface area contributed by atoms with Gasteiger partial charge in [-0.05, 0) is 83.6 Å². The highest BCUT2D eigenvalue weighted by Gasteiger charge is 2.37. The van der Waals surface area contributed by atoms with Crippen LogP contribution in [-0.2, 0) is 5.41 Å². The second kappa shape index (κ2) is 8.26. The summed E-state index contributed by atoms with van der Waals surface area (Å²) < 4.78 is 0. The fourth-order valence-electron chi connectivity index (χ4n) is 7.17. The molecule has 1 heterocycles. The summed E-state index contributed by atoms with van der Waals surface area (Å²) in [6, 6.07) is 38.5. The summed E-state index contributed by atoms with van der Waals surface area (Å²) in [6.45, 7) is 9.24. The van der Waals surface area contributed by atoms with Crippen molar-refractivity contribution in [3.63, 3.8) is 0 Å². The highest BCUT2D eigenvalue weighted by molar-refractivity contribution is 6.29. The number of hydrogen-bond acceptors (Lipinski definition) is 1. The van der Waals surface area contributed by atoms with Gasteiger partial charge in [-0.1, -0.05) is 119 Å². The monoisotopic (exact) mass is 513 g/mol. The molecule has 6 aromatic carbocycles. The van der Waals surface area contributed by atoms with Crippen molar-refractivity contribution in [3.05, 3.63) is 126 Å². The third kappa shape index (κ3) is 3.12. The van der Waals surface area contributed by atoms with E-state index in [2.05, 4.69) is 131 Å². The number of aromatic nitrogens is 1. The maximum absolute atomic E-state index is 4.92. The molecule has 192 valence electrons. The van der Waals surface area contributed by atoms with E-state index in [-0.39, 0.29) is 5.41 Å². The topological polar surface area (TPSA) is 12.9 Å². The summed E-state index contributed by atoms with van der Waals surface area (Å²) in [7, 11) is 0. The second-order valence-electron chi connectivity index (χ2n) is 12.2. The van der Waals surface area contributed by atoms with E-state index in [0.717, 1.165) is 5.69 Å². The SMILES string of the molecule is CC(C)c1ccc2c(-c3ccc4c(c3)-c3c(ccc5c6ccccc6c6ccccc6c35)C4(C)C)nccc2c1. The van der Waals surface area contributed by atoms with E-state index in [1.165, 1.54) is 76.5 Å². The van der Waals surface area contributed by atoms with Gasteiger partial charge in [0, 0.05) is 22.6 Å². The Balaban J connectivity index is 1.46. The summed E-state index contributed by atoms with van der Waals surface area (Å²) in [6.07, 6.45) is 1.96. The van der Waals surface area contributed by atoms with E-state index in [9.17, 15) is 0 Å². The standard InChI is InChI=1S/C39H31N/c1-23(2)24-13-15-27-25(21-24)19-20-40-38(27)26-14-17-34-33(22-26)37-35(39(34,3)4)18-16-32-30-11-6-5-9-28(30)29-10-7-8-12-31(29)36(32)37/h5-23H,1-4H3. The molecule has 8 rings (SSSR count). The largest absolute Gasteiger partial charge is 0.256 e. The molecular formula is C39H31N. The van der Waals surface area contributed by atoms with E-state index in [1.54, 1.807) is 0 Å². The Bertz CT molecular complexity index is 2130. The molecule has 1 aliphatic rings. The van der Waals surface area contributed by atoms with Crippen molar-refractivity contribution in [3.8, 4) is 22.4 Å². The Labute approximate surface area is 235 Å². The third-order valence-electron chi connectivity index (χ3n) is 9.27. The fraction of sp³-hybridized carbons (Fsp3) is 0.154. The van der Waals surface area contributed by atoms with Gasteiger partial charge in [0.2, 0.25) is 0 Å². The first-order chi connectivity index (χ1) is 19.4. The van der Waals surface area contributed by atoms with Crippen LogP contribution in [0.1, 0.15) is 50.3 Å². The van der Waals surface area contributed by atoms with E-state index in [0.29, 0.717) is 5.92 Å². The first-order valence-electron chi connectivity index (χ1n) is 14.3. The molecule has 0 N–H and O–H groups in total. The van der Waals surface area contributed by atoms with Gasteiger partial charge in [0.1, 0.15) is 0 Å². The zero-order valence-electron chi connectivity index (χ0n) is 23.4. The lowest BCUT2D eigenvalue weighted by Gasteiger charge is -2.22. The average molecular weight is 514 g/mol. The van der Waals surface area contributed by atoms with Crippen molar-refractivity contribution < 1.29 is 0 Å². The highest BCUT2D eigenvalue weighted by atomic mass is 14.7. The quantitative estimate of drug-likeness (QED) is 0.210. The van der Waals surface area contributed by atoms with Crippen LogP contribution in [0, 0.1) is 0 Å². The van der Waals surface area contributed by atoms with Crippen LogP contribution in [0.3, 0.4) is 0 Å². The number of benzene rings is 6. The number of nitrogens with zero attached hydrogens (tertiary/aromatic N) is 1. The lowest BCUT2D eigenvalue weighted by Crippen LogP contribution is -2.14. The molecule has 0 saturated carbocycles. The first-order valence-corrected chi connectivity index (χ1v) is 14.3. The van der Waals surface area contributed by atoms with Crippen LogP contribution in [0.5, 0.6) is 0 Å². The summed E-state index contributed by atoms with van der Waals surface area (Å²) in [5.41, 5.74) is 9.01. The molecule has 0 unspecified atom stereocenters. The van der Waals surface area contributed by atoms with Gasteiger partial charge in [-0.15, -0.1) is 0 Å². The number of pyridine rings is 1. The van der Waals surface area contributed by atoms with Crippen molar-refractivity contribution in [2.45, 2.75) is 39.0 Å². The summed E-state index contributed by atoms with van der Waals surface area (Å²) >= 11 is 0. The van der Waals surface area contributed by atoms with Gasteiger partial charge in [0.15, 0.2) is 0 Å². The summed E-state index contributed by atoms with van der Waals surface area (Å²) in [5.74, 6) is 0.499. The average Bonchev–Trinajstić information content (AvgIpc) is 3.22. The van der Waals surface area contributed by atoms with Gasteiger partial charge >= 0.3 is 0 Å². The highest BCUT2D eigenvalue weighted by Crippen LogP contribution is 2.54. The van der Waals surface area contributed by atoms with Crippen molar-refractivity contribution in [2.24, 2.45) is 0 Å². The predicted octanol–water partition coefficient (Wildman–Crippen LogP) is 10.8. The molecular weight excluding hydrogens is 482 g/mol. The predicted molar refractivity (Wildman–Crippen MR) is 171 cm³/mol. The smallest absolute Gasteiger partial charge is 0.0780 e. The van der Waals surface area contributed by atoms with E-state index >= 15 is 0 Å².